The summed E-state index contributed by atoms with van der Waals surface area (Å²) >= 11 is 0. The van der Waals surface area contributed by atoms with Crippen LogP contribution in [0.3, 0.4) is 0 Å². The van der Waals surface area contributed by atoms with Crippen LogP contribution in [0.4, 0.5) is 0 Å². The summed E-state index contributed by atoms with van der Waals surface area (Å²) in [6, 6.07) is 12.7. The number of carbonyl (C=O) groups is 1. The smallest absolute Gasteiger partial charge is 0.308 e. The zero-order valence-electron chi connectivity index (χ0n) is 15.6. The highest BCUT2D eigenvalue weighted by Gasteiger charge is 2.31. The second-order valence-corrected chi connectivity index (χ2v) is 8.20. The second kappa shape index (κ2) is 9.13. The number of nitrogens with one attached hydrogen (secondary N) is 1. The molecule has 0 bridgehead atoms. The van der Waals surface area contributed by atoms with Gasteiger partial charge in [0.05, 0.1) is 13.0 Å². The van der Waals surface area contributed by atoms with E-state index < -0.39 is 10.2 Å². The van der Waals surface area contributed by atoms with E-state index in [1.807, 2.05) is 30.3 Å². The van der Waals surface area contributed by atoms with Crippen molar-refractivity contribution in [2.45, 2.75) is 19.4 Å². The number of nitrogens with zero attached hydrogens (tertiary/aromatic N) is 2. The van der Waals surface area contributed by atoms with E-state index >= 15 is 0 Å². The molecule has 0 aliphatic carbocycles. The monoisotopic (exact) mass is 405 g/mol. The van der Waals surface area contributed by atoms with Crippen LogP contribution in [-0.2, 0) is 26.3 Å². The van der Waals surface area contributed by atoms with Gasteiger partial charge in [-0.15, -0.1) is 0 Å². The van der Waals surface area contributed by atoms with Gasteiger partial charge in [-0.3, -0.25) is 4.79 Å². The standard InChI is InChI=1S/C19H23N3O5S/c1-26-19(23)16-8-11-22(12-9-16)28(24,25)21-14-15-7-10-20-18(13-15)27-17-5-3-2-4-6-17/h2-7,10,13,16,21H,8-9,11-12,14H2,1H3. The first-order valence-corrected chi connectivity index (χ1v) is 10.4. The molecule has 1 fully saturated rings. The lowest BCUT2D eigenvalue weighted by atomic mass is 9.99. The lowest BCUT2D eigenvalue weighted by molar-refractivity contribution is -0.146. The van der Waals surface area contributed by atoms with Crippen molar-refractivity contribution >= 4 is 16.2 Å². The number of hydrogen-bond donors (Lipinski definition) is 1. The van der Waals surface area contributed by atoms with Crippen molar-refractivity contribution in [1.82, 2.24) is 14.0 Å². The minimum Gasteiger partial charge on any atom is -0.469 e. The van der Waals surface area contributed by atoms with E-state index in [9.17, 15) is 13.2 Å². The van der Waals surface area contributed by atoms with Crippen molar-refractivity contribution in [3.05, 3.63) is 54.2 Å². The van der Waals surface area contributed by atoms with Crippen LogP contribution in [0, 0.1) is 5.92 Å². The van der Waals surface area contributed by atoms with Gasteiger partial charge in [-0.25, -0.2) is 4.98 Å². The summed E-state index contributed by atoms with van der Waals surface area (Å²) in [5.41, 5.74) is 0.731. The molecule has 1 aliphatic heterocycles. The first kappa shape index (κ1) is 20.2. The number of hydrogen-bond acceptors (Lipinski definition) is 6. The van der Waals surface area contributed by atoms with Gasteiger partial charge in [0.2, 0.25) is 5.88 Å². The molecule has 150 valence electrons. The Morgan fingerprint density at radius 1 is 1.21 bits per heavy atom. The third-order valence-electron chi connectivity index (χ3n) is 4.55. The van der Waals surface area contributed by atoms with Crippen molar-refractivity contribution < 1.29 is 22.7 Å². The molecule has 1 N–H and O–H groups in total. The molecule has 1 aliphatic rings. The van der Waals surface area contributed by atoms with Crippen molar-refractivity contribution in [1.29, 1.82) is 0 Å². The Bertz CT molecular complexity index is 897. The third-order valence-corrected chi connectivity index (χ3v) is 6.11. The molecule has 1 aromatic heterocycles. The van der Waals surface area contributed by atoms with E-state index in [2.05, 4.69) is 9.71 Å². The minimum absolute atomic E-state index is 0.118. The first-order valence-electron chi connectivity index (χ1n) is 8.98. The Morgan fingerprint density at radius 2 is 1.93 bits per heavy atom. The number of piperidine rings is 1. The first-order chi connectivity index (χ1) is 13.5. The van der Waals surface area contributed by atoms with E-state index in [-0.39, 0.29) is 31.5 Å². The van der Waals surface area contributed by atoms with Crippen molar-refractivity contribution in [2.24, 2.45) is 5.92 Å². The van der Waals surface area contributed by atoms with Crippen molar-refractivity contribution in [3.8, 4) is 11.6 Å². The molecule has 0 atom stereocenters. The summed E-state index contributed by atoms with van der Waals surface area (Å²) < 4.78 is 39.4. The van der Waals surface area contributed by atoms with Gasteiger partial charge >= 0.3 is 5.97 Å². The maximum atomic E-state index is 12.5. The molecular formula is C19H23N3O5S. The molecule has 3 rings (SSSR count). The summed E-state index contributed by atoms with van der Waals surface area (Å²) in [5, 5.41) is 0. The molecule has 0 radical (unpaired) electrons. The van der Waals surface area contributed by atoms with Gasteiger partial charge in [0.25, 0.3) is 10.2 Å². The zero-order valence-corrected chi connectivity index (χ0v) is 16.4. The van der Waals surface area contributed by atoms with Gasteiger partial charge in [0.15, 0.2) is 0 Å². The molecule has 2 heterocycles. The number of para-hydroxylation sites is 1. The van der Waals surface area contributed by atoms with Crippen LogP contribution < -0.4 is 9.46 Å². The summed E-state index contributed by atoms with van der Waals surface area (Å²) in [4.78, 5) is 15.7. The van der Waals surface area contributed by atoms with E-state index in [0.29, 0.717) is 24.5 Å². The number of aromatic nitrogens is 1. The van der Waals surface area contributed by atoms with Gasteiger partial charge < -0.3 is 9.47 Å². The number of methoxy groups -OCH3 is 1. The summed E-state index contributed by atoms with van der Waals surface area (Å²) in [6.07, 6.45) is 2.49. The number of benzene rings is 1. The maximum absolute atomic E-state index is 12.5. The number of rotatable bonds is 7. The fourth-order valence-corrected chi connectivity index (χ4v) is 4.21. The maximum Gasteiger partial charge on any atom is 0.308 e. The van der Waals surface area contributed by atoms with Crippen LogP contribution in [0.25, 0.3) is 0 Å². The molecule has 0 saturated carbocycles. The predicted octanol–water partition coefficient (Wildman–Crippen LogP) is 2.09. The van der Waals surface area contributed by atoms with Gasteiger partial charge in [-0.2, -0.15) is 17.4 Å². The van der Waals surface area contributed by atoms with Crippen LogP contribution >= 0.6 is 0 Å². The highest BCUT2D eigenvalue weighted by molar-refractivity contribution is 7.87. The molecule has 0 unspecified atom stereocenters. The predicted molar refractivity (Wildman–Crippen MR) is 103 cm³/mol. The van der Waals surface area contributed by atoms with Gasteiger partial charge in [0, 0.05) is 31.9 Å². The molecule has 28 heavy (non-hydrogen) atoms. The molecule has 2 aromatic rings. The normalized spacial score (nSPS) is 15.9. The van der Waals surface area contributed by atoms with Crippen molar-refractivity contribution in [3.63, 3.8) is 0 Å². The van der Waals surface area contributed by atoms with Crippen LogP contribution in [0.5, 0.6) is 11.6 Å². The summed E-state index contributed by atoms with van der Waals surface area (Å²) in [5.74, 6) is 0.519. The molecule has 1 aromatic carbocycles. The quantitative estimate of drug-likeness (QED) is 0.709. The Hall–Kier alpha value is -2.49. The molecule has 8 nitrogen and oxygen atoms in total. The van der Waals surface area contributed by atoms with E-state index in [1.54, 1.807) is 18.3 Å². The number of carbonyl (C=O) groups excluding carboxylic acids is 1. The highest BCUT2D eigenvalue weighted by Crippen LogP contribution is 2.21. The third kappa shape index (κ3) is 5.28. The molecule has 9 heteroatoms. The molecular weight excluding hydrogens is 382 g/mol. The fourth-order valence-electron chi connectivity index (χ4n) is 2.99. The summed E-state index contributed by atoms with van der Waals surface area (Å²) in [7, 11) is -2.29. The fraction of sp³-hybridized carbons (Fsp3) is 0.368. The average Bonchev–Trinajstić information content (AvgIpc) is 2.73. The average molecular weight is 405 g/mol. The van der Waals surface area contributed by atoms with Gasteiger partial charge in [0.1, 0.15) is 5.75 Å². The van der Waals surface area contributed by atoms with Crippen LogP contribution in [0.15, 0.2) is 48.7 Å². The Balaban J connectivity index is 1.56. The lowest BCUT2D eigenvalue weighted by Gasteiger charge is -2.29. The number of ether oxygens (including phenoxy) is 2. The van der Waals surface area contributed by atoms with Crippen LogP contribution in [0.2, 0.25) is 0 Å². The van der Waals surface area contributed by atoms with E-state index in [4.69, 9.17) is 9.47 Å². The topological polar surface area (TPSA) is 97.8 Å². The SMILES string of the molecule is COC(=O)C1CCN(S(=O)(=O)NCc2ccnc(Oc3ccccc3)c2)CC1. The van der Waals surface area contributed by atoms with E-state index in [0.717, 1.165) is 5.56 Å². The van der Waals surface area contributed by atoms with Crippen LogP contribution in [0.1, 0.15) is 18.4 Å². The molecule has 0 spiro atoms. The lowest BCUT2D eigenvalue weighted by Crippen LogP contribution is -2.45. The highest BCUT2D eigenvalue weighted by atomic mass is 32.2. The Kier molecular flexibility index (Phi) is 6.61. The number of esters is 1. The Labute approximate surface area is 164 Å². The van der Waals surface area contributed by atoms with E-state index in [1.165, 1.54) is 11.4 Å². The van der Waals surface area contributed by atoms with Crippen molar-refractivity contribution in [2.75, 3.05) is 20.2 Å². The van der Waals surface area contributed by atoms with Crippen LogP contribution in [-0.4, -0.2) is 43.9 Å². The zero-order chi connectivity index (χ0) is 20.0. The molecule has 1 saturated heterocycles. The van der Waals surface area contributed by atoms with Gasteiger partial charge in [-0.05, 0) is 36.6 Å². The molecule has 0 amide bonds. The second-order valence-electron chi connectivity index (χ2n) is 6.44. The number of pyridine rings is 1. The van der Waals surface area contributed by atoms with Gasteiger partial charge in [-0.1, -0.05) is 18.2 Å². The largest absolute Gasteiger partial charge is 0.469 e. The summed E-state index contributed by atoms with van der Waals surface area (Å²) in [6.45, 7) is 0.689. The minimum atomic E-state index is -3.64. The Morgan fingerprint density at radius 3 is 2.61 bits per heavy atom.